The topological polar surface area (TPSA) is 64.7 Å². The molecule has 0 spiro atoms. The van der Waals surface area contributed by atoms with Gasteiger partial charge in [0.15, 0.2) is 0 Å². The summed E-state index contributed by atoms with van der Waals surface area (Å²) in [6.07, 6.45) is 4.19. The number of benzene rings is 2. The highest BCUT2D eigenvalue weighted by atomic mass is 16.2. The number of carbonyl (C=O) groups excluding carboxylic acids is 2. The third kappa shape index (κ3) is 3.92. The first-order chi connectivity index (χ1) is 13.6. The molecular formula is C22H24N4O2. The number of rotatable bonds is 5. The lowest BCUT2D eigenvalue weighted by Crippen LogP contribution is -2.50. The number of hydrogen-bond acceptors (Lipinski definition) is 4. The van der Waals surface area contributed by atoms with Gasteiger partial charge in [0.25, 0.3) is 5.91 Å². The van der Waals surface area contributed by atoms with Gasteiger partial charge >= 0.3 is 0 Å². The molecule has 1 saturated heterocycles. The summed E-state index contributed by atoms with van der Waals surface area (Å²) in [5, 5.41) is 4.72. The molecule has 6 nitrogen and oxygen atoms in total. The molecule has 2 aliphatic rings. The molecule has 0 radical (unpaired) electrons. The van der Waals surface area contributed by atoms with Crippen LogP contribution in [-0.4, -0.2) is 34.3 Å². The number of carbonyl (C=O) groups is 2. The van der Waals surface area contributed by atoms with Gasteiger partial charge in [-0.15, -0.1) is 0 Å². The first-order valence-corrected chi connectivity index (χ1v) is 9.50. The Morgan fingerprint density at radius 2 is 1.86 bits per heavy atom. The third-order valence-electron chi connectivity index (χ3n) is 5.20. The van der Waals surface area contributed by atoms with Crippen LogP contribution in [0.2, 0.25) is 0 Å². The quantitative estimate of drug-likeness (QED) is 0.840. The molecule has 0 aromatic heterocycles. The molecule has 2 aliphatic heterocycles. The molecular weight excluding hydrogens is 352 g/mol. The van der Waals surface area contributed by atoms with Crippen molar-refractivity contribution in [3.05, 3.63) is 83.7 Å². The van der Waals surface area contributed by atoms with Crippen LogP contribution in [0.3, 0.4) is 0 Å². The molecule has 0 saturated carbocycles. The maximum Gasteiger partial charge on any atom is 0.251 e. The van der Waals surface area contributed by atoms with Crippen molar-refractivity contribution in [2.75, 3.05) is 6.54 Å². The monoisotopic (exact) mass is 376 g/mol. The Labute approximate surface area is 164 Å². The van der Waals surface area contributed by atoms with Crippen LogP contribution >= 0.6 is 0 Å². The zero-order valence-corrected chi connectivity index (χ0v) is 15.8. The van der Waals surface area contributed by atoms with E-state index in [0.29, 0.717) is 13.0 Å². The van der Waals surface area contributed by atoms with Gasteiger partial charge in [-0.05, 0) is 24.5 Å². The van der Waals surface area contributed by atoms with E-state index in [2.05, 4.69) is 41.9 Å². The van der Waals surface area contributed by atoms with Gasteiger partial charge in [0.1, 0.15) is 12.6 Å². The van der Waals surface area contributed by atoms with Gasteiger partial charge in [-0.25, -0.2) is 5.43 Å². The fourth-order valence-corrected chi connectivity index (χ4v) is 3.59. The highest BCUT2D eigenvalue weighted by Crippen LogP contribution is 2.30. The molecule has 0 bridgehead atoms. The van der Waals surface area contributed by atoms with Crippen LogP contribution < -0.4 is 10.7 Å². The summed E-state index contributed by atoms with van der Waals surface area (Å²) >= 11 is 0. The van der Waals surface area contributed by atoms with Gasteiger partial charge in [-0.2, -0.15) is 0 Å². The molecule has 28 heavy (non-hydrogen) atoms. The minimum absolute atomic E-state index is 0.0295. The second kappa shape index (κ2) is 7.86. The first-order valence-electron chi connectivity index (χ1n) is 9.50. The van der Waals surface area contributed by atoms with Crippen molar-refractivity contribution < 1.29 is 9.59 Å². The van der Waals surface area contributed by atoms with Crippen LogP contribution in [-0.2, 0) is 16.1 Å². The van der Waals surface area contributed by atoms with Gasteiger partial charge < -0.3 is 15.2 Å². The number of aryl methyl sites for hydroxylation is 1. The summed E-state index contributed by atoms with van der Waals surface area (Å²) in [6, 6.07) is 17.9. The third-order valence-corrected chi connectivity index (χ3v) is 5.20. The number of nitrogens with one attached hydrogen (secondary N) is 2. The average molecular weight is 376 g/mol. The maximum absolute atomic E-state index is 12.9. The van der Waals surface area contributed by atoms with E-state index in [-0.39, 0.29) is 30.4 Å². The molecule has 0 aliphatic carbocycles. The molecule has 144 valence electrons. The van der Waals surface area contributed by atoms with Crippen molar-refractivity contribution in [2.45, 2.75) is 32.0 Å². The predicted octanol–water partition coefficient (Wildman–Crippen LogP) is 2.24. The molecule has 2 N–H and O–H groups in total. The Bertz CT molecular complexity index is 879. The van der Waals surface area contributed by atoms with Gasteiger partial charge in [-0.1, -0.05) is 60.2 Å². The van der Waals surface area contributed by atoms with E-state index in [1.54, 1.807) is 6.20 Å². The lowest BCUT2D eigenvalue weighted by molar-refractivity contribution is -0.138. The Kier molecular flexibility index (Phi) is 5.12. The van der Waals surface area contributed by atoms with Crippen LogP contribution in [0.25, 0.3) is 0 Å². The number of fused-ring (bicyclic) bond motifs is 1. The number of hydrogen-bond donors (Lipinski definition) is 2. The Hall–Kier alpha value is -3.12. The summed E-state index contributed by atoms with van der Waals surface area (Å²) in [7, 11) is 0. The molecule has 2 heterocycles. The van der Waals surface area contributed by atoms with Gasteiger partial charge in [0.05, 0.1) is 6.04 Å². The van der Waals surface area contributed by atoms with Crippen LogP contribution in [0.15, 0.2) is 67.0 Å². The minimum Gasteiger partial charge on any atom is -0.350 e. The van der Waals surface area contributed by atoms with Crippen molar-refractivity contribution in [2.24, 2.45) is 0 Å². The van der Waals surface area contributed by atoms with Crippen molar-refractivity contribution >= 4 is 11.8 Å². The Morgan fingerprint density at radius 1 is 1.11 bits per heavy atom. The highest BCUT2D eigenvalue weighted by Gasteiger charge is 2.40. The zero-order valence-electron chi connectivity index (χ0n) is 15.8. The summed E-state index contributed by atoms with van der Waals surface area (Å²) in [6.45, 7) is 2.54. The Balaban J connectivity index is 1.34. The van der Waals surface area contributed by atoms with Crippen LogP contribution in [0.1, 0.15) is 29.2 Å². The minimum atomic E-state index is -0.293. The summed E-state index contributed by atoms with van der Waals surface area (Å²) in [4.78, 5) is 26.6. The molecule has 4 rings (SSSR count). The molecule has 2 aromatic carbocycles. The van der Waals surface area contributed by atoms with Crippen molar-refractivity contribution in [3.8, 4) is 0 Å². The van der Waals surface area contributed by atoms with Crippen molar-refractivity contribution in [1.29, 1.82) is 0 Å². The fraction of sp³-hybridized carbons (Fsp3) is 0.273. The van der Waals surface area contributed by atoms with Gasteiger partial charge in [0.2, 0.25) is 5.91 Å². The molecule has 2 atom stereocenters. The SMILES string of the molecule is Cc1ccc(C2CC3C(=O)N(CC(=O)NCc4ccccc4)C=CN3N2)cc1. The second-order valence-corrected chi connectivity index (χ2v) is 7.28. The van der Waals surface area contributed by atoms with Crippen LogP contribution in [0, 0.1) is 6.92 Å². The molecule has 2 aromatic rings. The zero-order chi connectivity index (χ0) is 19.5. The number of nitrogens with zero attached hydrogens (tertiary/aromatic N) is 2. The standard InChI is InChI=1S/C22H24N4O2/c1-16-7-9-18(10-8-16)19-13-20-22(28)25(11-12-26(20)24-19)15-21(27)23-14-17-5-3-2-4-6-17/h2-12,19-20,24H,13-15H2,1H3,(H,23,27). The lowest BCUT2D eigenvalue weighted by atomic mass is 10.00. The smallest absolute Gasteiger partial charge is 0.251 e. The molecule has 1 fully saturated rings. The van der Waals surface area contributed by atoms with Crippen molar-refractivity contribution in [1.82, 2.24) is 20.7 Å². The van der Waals surface area contributed by atoms with Gasteiger partial charge in [-0.3, -0.25) is 9.59 Å². The number of hydrazine groups is 1. The number of amides is 2. The molecule has 2 amide bonds. The van der Waals surface area contributed by atoms with Gasteiger partial charge in [0, 0.05) is 18.9 Å². The average Bonchev–Trinajstić information content (AvgIpc) is 3.15. The molecule has 6 heteroatoms. The summed E-state index contributed by atoms with van der Waals surface area (Å²) in [5.74, 6) is -0.226. The predicted molar refractivity (Wildman–Crippen MR) is 106 cm³/mol. The van der Waals surface area contributed by atoms with E-state index in [1.807, 2.05) is 41.5 Å². The van der Waals surface area contributed by atoms with E-state index < -0.39 is 0 Å². The van der Waals surface area contributed by atoms with Crippen LogP contribution in [0.5, 0.6) is 0 Å². The van der Waals surface area contributed by atoms with Crippen molar-refractivity contribution in [3.63, 3.8) is 0 Å². The lowest BCUT2D eigenvalue weighted by Gasteiger charge is -2.31. The molecule has 2 unspecified atom stereocenters. The Morgan fingerprint density at radius 3 is 2.61 bits per heavy atom. The van der Waals surface area contributed by atoms with E-state index >= 15 is 0 Å². The fourth-order valence-electron chi connectivity index (χ4n) is 3.59. The van der Waals surface area contributed by atoms with E-state index in [1.165, 1.54) is 10.5 Å². The highest BCUT2D eigenvalue weighted by molar-refractivity contribution is 5.89. The normalized spacial score (nSPS) is 21.0. The second-order valence-electron chi connectivity index (χ2n) is 7.28. The van der Waals surface area contributed by atoms with E-state index in [0.717, 1.165) is 11.1 Å². The van der Waals surface area contributed by atoms with E-state index in [4.69, 9.17) is 0 Å². The van der Waals surface area contributed by atoms with E-state index in [9.17, 15) is 9.59 Å². The maximum atomic E-state index is 12.9. The largest absolute Gasteiger partial charge is 0.350 e. The van der Waals surface area contributed by atoms with Crippen LogP contribution in [0.4, 0.5) is 0 Å². The summed E-state index contributed by atoms with van der Waals surface area (Å²) < 4.78 is 0. The first kappa shape index (κ1) is 18.3. The summed E-state index contributed by atoms with van der Waals surface area (Å²) in [5.41, 5.74) is 6.78.